The van der Waals surface area contributed by atoms with E-state index >= 15 is 0 Å². The highest BCUT2D eigenvalue weighted by Gasteiger charge is 2.47. The quantitative estimate of drug-likeness (QED) is 0.0196. The average Bonchev–Trinajstić information content (AvgIpc) is 3.37. The standard InChI is InChI=1S/C60H107NO10/c1-4-7-10-13-16-19-22-23-24-25-26-27-28-29-30-31-33-36-39-42-45-48-55(65)71-58-57(67)56(66)54(49-62)70-60(58)69-50-51(52(63)46-43-40-37-35-32-20-17-14-11-8-5-2)61-59(68)53(64)47-44-41-38-34-21-18-15-12-9-6-3/h15-16,18-19,23-24,26-27,43,46,51-54,56-58,60,62-64,66-67H,4-14,17,20-22,25,28-42,44-45,47-50H2,1-3H3,(H,61,68)/b18-15-,19-16-,24-23-,27-26-,46-43+. The molecule has 71 heavy (non-hydrogen) atoms. The first kappa shape index (κ1) is 66.4. The van der Waals surface area contributed by atoms with Gasteiger partial charge in [-0.2, -0.15) is 0 Å². The molecule has 1 fully saturated rings. The molecule has 0 aliphatic carbocycles. The van der Waals surface area contributed by atoms with Gasteiger partial charge in [0.2, 0.25) is 5.91 Å². The highest BCUT2D eigenvalue weighted by Crippen LogP contribution is 2.26. The van der Waals surface area contributed by atoms with Crippen molar-refractivity contribution in [3.8, 4) is 0 Å². The highest BCUT2D eigenvalue weighted by molar-refractivity contribution is 5.80. The van der Waals surface area contributed by atoms with Crippen molar-refractivity contribution >= 4 is 11.9 Å². The van der Waals surface area contributed by atoms with Gasteiger partial charge in [0.1, 0.15) is 24.4 Å². The molecule has 0 aromatic heterocycles. The Balaban J connectivity index is 2.66. The Kier molecular flexibility index (Phi) is 45.2. The van der Waals surface area contributed by atoms with E-state index in [1.165, 1.54) is 103 Å². The van der Waals surface area contributed by atoms with E-state index in [0.29, 0.717) is 12.8 Å². The van der Waals surface area contributed by atoms with Crippen molar-refractivity contribution in [2.45, 2.75) is 294 Å². The number of carbonyl (C=O) groups is 2. The molecule has 1 rings (SSSR count). The van der Waals surface area contributed by atoms with Crippen molar-refractivity contribution in [2.24, 2.45) is 0 Å². The maximum Gasteiger partial charge on any atom is 0.306 e. The first-order valence-corrected chi connectivity index (χ1v) is 29.1. The van der Waals surface area contributed by atoms with E-state index in [2.05, 4.69) is 74.7 Å². The second-order valence-electron chi connectivity index (χ2n) is 20.0. The predicted molar refractivity (Wildman–Crippen MR) is 292 cm³/mol. The van der Waals surface area contributed by atoms with Crippen molar-refractivity contribution in [3.05, 3.63) is 60.8 Å². The van der Waals surface area contributed by atoms with Gasteiger partial charge in [-0.3, -0.25) is 9.59 Å². The van der Waals surface area contributed by atoms with Crippen LogP contribution in [0, 0.1) is 0 Å². The molecule has 1 heterocycles. The number of allylic oxidation sites excluding steroid dienone is 9. The van der Waals surface area contributed by atoms with Crippen LogP contribution in [-0.2, 0) is 23.8 Å². The van der Waals surface area contributed by atoms with Gasteiger partial charge in [0.25, 0.3) is 0 Å². The van der Waals surface area contributed by atoms with Crippen LogP contribution in [0.2, 0.25) is 0 Å². The molecule has 1 aliphatic heterocycles. The molecule has 0 spiro atoms. The first-order valence-electron chi connectivity index (χ1n) is 29.1. The van der Waals surface area contributed by atoms with Gasteiger partial charge in [-0.05, 0) is 83.5 Å². The van der Waals surface area contributed by atoms with Crippen LogP contribution in [-0.4, -0.2) is 99.6 Å². The molecular weight excluding hydrogens is 895 g/mol. The van der Waals surface area contributed by atoms with Crippen molar-refractivity contribution in [1.82, 2.24) is 5.32 Å². The Bertz CT molecular complexity index is 1380. The largest absolute Gasteiger partial charge is 0.454 e. The summed E-state index contributed by atoms with van der Waals surface area (Å²) >= 11 is 0. The molecule has 412 valence electrons. The molecule has 6 N–H and O–H groups in total. The number of ether oxygens (including phenoxy) is 3. The summed E-state index contributed by atoms with van der Waals surface area (Å²) < 4.78 is 17.6. The van der Waals surface area contributed by atoms with E-state index in [1.54, 1.807) is 6.08 Å². The Morgan fingerprint density at radius 2 is 0.986 bits per heavy atom. The van der Waals surface area contributed by atoms with Crippen molar-refractivity contribution in [3.63, 3.8) is 0 Å². The van der Waals surface area contributed by atoms with Crippen molar-refractivity contribution in [1.29, 1.82) is 0 Å². The lowest BCUT2D eigenvalue weighted by atomic mass is 9.99. The van der Waals surface area contributed by atoms with E-state index in [1.807, 2.05) is 6.08 Å². The number of rotatable bonds is 48. The smallest absolute Gasteiger partial charge is 0.306 e. The minimum absolute atomic E-state index is 0.113. The van der Waals surface area contributed by atoms with Gasteiger partial charge in [-0.1, -0.05) is 216 Å². The lowest BCUT2D eigenvalue weighted by Crippen LogP contribution is -2.61. The number of hydrogen-bond acceptors (Lipinski definition) is 10. The fraction of sp³-hybridized carbons (Fsp3) is 0.800. The van der Waals surface area contributed by atoms with Crippen LogP contribution in [0.3, 0.4) is 0 Å². The van der Waals surface area contributed by atoms with Crippen molar-refractivity contribution < 1.29 is 49.3 Å². The van der Waals surface area contributed by atoms with E-state index < -0.39 is 67.4 Å². The van der Waals surface area contributed by atoms with Crippen LogP contribution in [0.15, 0.2) is 60.8 Å². The fourth-order valence-electron chi connectivity index (χ4n) is 8.70. The van der Waals surface area contributed by atoms with Gasteiger partial charge < -0.3 is 45.1 Å². The molecule has 0 bridgehead atoms. The molecule has 11 nitrogen and oxygen atoms in total. The molecule has 0 radical (unpaired) electrons. The molecule has 1 amide bonds. The van der Waals surface area contributed by atoms with Crippen LogP contribution >= 0.6 is 0 Å². The van der Waals surface area contributed by atoms with Crippen LogP contribution in [0.4, 0.5) is 0 Å². The number of esters is 1. The van der Waals surface area contributed by atoms with Crippen LogP contribution < -0.4 is 5.32 Å². The molecule has 0 aromatic rings. The lowest BCUT2D eigenvalue weighted by molar-refractivity contribution is -0.305. The zero-order chi connectivity index (χ0) is 51.8. The summed E-state index contributed by atoms with van der Waals surface area (Å²) in [5, 5.41) is 56.7. The maximum absolute atomic E-state index is 13.3. The summed E-state index contributed by atoms with van der Waals surface area (Å²) in [4.78, 5) is 26.4. The zero-order valence-electron chi connectivity index (χ0n) is 45.3. The maximum atomic E-state index is 13.3. The fourth-order valence-corrected chi connectivity index (χ4v) is 8.70. The predicted octanol–water partition coefficient (Wildman–Crippen LogP) is 13.1. The molecule has 11 heteroatoms. The number of nitrogens with one attached hydrogen (secondary N) is 1. The van der Waals surface area contributed by atoms with Gasteiger partial charge in [0, 0.05) is 6.42 Å². The molecule has 8 atom stereocenters. The number of unbranched alkanes of at least 4 members (excludes halogenated alkanes) is 26. The molecule has 8 unspecified atom stereocenters. The van der Waals surface area contributed by atoms with E-state index in [9.17, 15) is 35.1 Å². The third kappa shape index (κ3) is 36.9. The summed E-state index contributed by atoms with van der Waals surface area (Å²) in [7, 11) is 0. The molecule has 0 aromatic carbocycles. The number of hydrogen-bond donors (Lipinski definition) is 6. The van der Waals surface area contributed by atoms with Crippen LogP contribution in [0.1, 0.15) is 245 Å². The Labute approximate surface area is 433 Å². The Hall–Kier alpha value is -2.64. The minimum Gasteiger partial charge on any atom is -0.454 e. The minimum atomic E-state index is -1.62. The summed E-state index contributed by atoms with van der Waals surface area (Å²) in [6.07, 6.45) is 48.4. The van der Waals surface area contributed by atoms with Gasteiger partial charge in [0.15, 0.2) is 12.4 Å². The van der Waals surface area contributed by atoms with Gasteiger partial charge in [-0.25, -0.2) is 0 Å². The van der Waals surface area contributed by atoms with Crippen LogP contribution in [0.5, 0.6) is 0 Å². The van der Waals surface area contributed by atoms with Gasteiger partial charge >= 0.3 is 5.97 Å². The summed E-state index contributed by atoms with van der Waals surface area (Å²) in [6.45, 7) is 5.68. The number of aliphatic hydroxyl groups is 5. The second kappa shape index (κ2) is 48.3. The normalized spacial score (nSPS) is 20.0. The third-order valence-corrected chi connectivity index (χ3v) is 13.4. The SMILES string of the molecule is CCCC/C=C\CCCCCCC(O)C(=O)NC(COC1OC(CO)C(O)C(O)C1OC(=O)CCCCCCCCCC/C=C\C/C=C\C/C=C\CCCCC)C(O)/C=C/CCCCCCCCCCC. The van der Waals surface area contributed by atoms with Crippen molar-refractivity contribution in [2.75, 3.05) is 13.2 Å². The summed E-state index contributed by atoms with van der Waals surface area (Å²) in [5.74, 6) is -1.21. The summed E-state index contributed by atoms with van der Waals surface area (Å²) in [5.41, 5.74) is 0. The second-order valence-corrected chi connectivity index (χ2v) is 20.0. The monoisotopic (exact) mass is 1000 g/mol. The first-order chi connectivity index (χ1) is 34.7. The number of carbonyl (C=O) groups excluding carboxylic acids is 2. The van der Waals surface area contributed by atoms with Crippen LogP contribution in [0.25, 0.3) is 0 Å². The lowest BCUT2D eigenvalue weighted by Gasteiger charge is -2.41. The van der Waals surface area contributed by atoms with Gasteiger partial charge in [-0.15, -0.1) is 0 Å². The Morgan fingerprint density at radius 1 is 0.549 bits per heavy atom. The number of aliphatic hydroxyl groups excluding tert-OH is 5. The average molecular weight is 1000 g/mol. The number of amides is 1. The third-order valence-electron chi connectivity index (χ3n) is 13.4. The molecule has 1 aliphatic rings. The van der Waals surface area contributed by atoms with E-state index in [-0.39, 0.29) is 19.4 Å². The molecular formula is C60H107NO10. The molecule has 1 saturated heterocycles. The highest BCUT2D eigenvalue weighted by atomic mass is 16.7. The van der Waals surface area contributed by atoms with Gasteiger partial charge in [0.05, 0.1) is 25.4 Å². The summed E-state index contributed by atoms with van der Waals surface area (Å²) in [6, 6.07) is -1.03. The Morgan fingerprint density at radius 3 is 1.54 bits per heavy atom. The zero-order valence-corrected chi connectivity index (χ0v) is 45.3. The molecule has 0 saturated carbocycles. The van der Waals surface area contributed by atoms with E-state index in [0.717, 1.165) is 96.3 Å². The van der Waals surface area contributed by atoms with E-state index in [4.69, 9.17) is 14.2 Å². The topological polar surface area (TPSA) is 175 Å².